The average molecular weight is 371 g/mol. The van der Waals surface area contributed by atoms with Crippen LogP contribution in [0.2, 0.25) is 5.02 Å². The summed E-state index contributed by atoms with van der Waals surface area (Å²) in [6, 6.07) is 5.38. The Labute approximate surface area is 152 Å². The first kappa shape index (κ1) is 18.6. The zero-order valence-electron chi connectivity index (χ0n) is 13.3. The molecule has 24 heavy (non-hydrogen) atoms. The van der Waals surface area contributed by atoms with Crippen molar-refractivity contribution in [2.75, 3.05) is 13.7 Å². The van der Waals surface area contributed by atoms with Crippen molar-refractivity contribution in [3.05, 3.63) is 54.1 Å². The second-order valence-electron chi connectivity index (χ2n) is 5.29. The second kappa shape index (κ2) is 8.97. The largest absolute Gasteiger partial charge is 0.497 e. The minimum absolute atomic E-state index is 0. The third-order valence-corrected chi connectivity index (χ3v) is 3.93. The first-order chi connectivity index (χ1) is 11.2. The van der Waals surface area contributed by atoms with E-state index in [-0.39, 0.29) is 24.6 Å². The van der Waals surface area contributed by atoms with Crippen LogP contribution < -0.4 is 9.47 Å². The quantitative estimate of drug-likeness (QED) is 0.696. The molecular weight excluding hydrogens is 351 g/mol. The molecule has 5 nitrogen and oxygen atoms in total. The van der Waals surface area contributed by atoms with Crippen molar-refractivity contribution in [2.45, 2.75) is 25.2 Å². The summed E-state index contributed by atoms with van der Waals surface area (Å²) in [6.07, 6.45) is 10.6. The molecule has 7 heteroatoms. The Morgan fingerprint density at radius 1 is 1.29 bits per heavy atom. The minimum atomic E-state index is 0. The van der Waals surface area contributed by atoms with E-state index in [0.29, 0.717) is 23.1 Å². The molecule has 130 valence electrons. The molecule has 0 N–H and O–H groups in total. The van der Waals surface area contributed by atoms with Crippen LogP contribution in [0.5, 0.6) is 11.5 Å². The fourth-order valence-electron chi connectivity index (χ4n) is 2.44. The Morgan fingerprint density at radius 3 is 2.83 bits per heavy atom. The van der Waals surface area contributed by atoms with Crippen LogP contribution in [0.25, 0.3) is 0 Å². The number of benzene rings is 1. The number of methoxy groups -OCH3 is 1. The summed E-state index contributed by atoms with van der Waals surface area (Å²) < 4.78 is 18.8. The van der Waals surface area contributed by atoms with Crippen molar-refractivity contribution in [3.8, 4) is 11.5 Å². The molecule has 0 fully saturated rings. The van der Waals surface area contributed by atoms with E-state index in [9.17, 15) is 0 Å². The fourth-order valence-corrected chi connectivity index (χ4v) is 2.67. The van der Waals surface area contributed by atoms with Crippen molar-refractivity contribution in [1.82, 2.24) is 9.55 Å². The number of imidazole rings is 1. The zero-order chi connectivity index (χ0) is 16.1. The van der Waals surface area contributed by atoms with E-state index in [1.807, 2.05) is 22.9 Å². The maximum Gasteiger partial charge on any atom is 0.138 e. The lowest BCUT2D eigenvalue weighted by Crippen LogP contribution is -2.19. The second-order valence-corrected chi connectivity index (χ2v) is 5.70. The number of aromatic nitrogens is 2. The van der Waals surface area contributed by atoms with E-state index < -0.39 is 0 Å². The van der Waals surface area contributed by atoms with Gasteiger partial charge in [0.25, 0.3) is 0 Å². The summed E-state index contributed by atoms with van der Waals surface area (Å²) in [5, 5.41) is 0.546. The van der Waals surface area contributed by atoms with E-state index in [1.165, 1.54) is 0 Å². The lowest BCUT2D eigenvalue weighted by atomic mass is 10.2. The highest BCUT2D eigenvalue weighted by Crippen LogP contribution is 2.29. The van der Waals surface area contributed by atoms with Gasteiger partial charge in [-0.05, 0) is 12.1 Å². The molecule has 1 aliphatic rings. The summed E-state index contributed by atoms with van der Waals surface area (Å²) in [4.78, 5) is 4.03. The summed E-state index contributed by atoms with van der Waals surface area (Å²) in [7, 11) is 1.61. The number of hydrogen-bond acceptors (Lipinski definition) is 4. The molecule has 1 aliphatic heterocycles. The fraction of sp³-hybridized carbons (Fsp3) is 0.353. The molecular formula is C17H20Cl2N2O3. The van der Waals surface area contributed by atoms with E-state index >= 15 is 0 Å². The van der Waals surface area contributed by atoms with Crippen LogP contribution in [0.1, 0.15) is 6.42 Å². The molecule has 0 saturated heterocycles. The highest BCUT2D eigenvalue weighted by Gasteiger charge is 2.19. The normalized spacial score (nSPS) is 19.1. The Kier molecular flexibility index (Phi) is 6.97. The maximum absolute atomic E-state index is 6.15. The molecule has 2 aromatic rings. The Morgan fingerprint density at radius 2 is 2.12 bits per heavy atom. The van der Waals surface area contributed by atoms with E-state index in [0.717, 1.165) is 13.0 Å². The lowest BCUT2D eigenvalue weighted by molar-refractivity contribution is 0.0393. The molecule has 0 spiro atoms. The first-order valence-electron chi connectivity index (χ1n) is 7.50. The average Bonchev–Trinajstić information content (AvgIpc) is 3.21. The predicted octanol–water partition coefficient (Wildman–Crippen LogP) is 3.76. The van der Waals surface area contributed by atoms with Crippen LogP contribution in [0.3, 0.4) is 0 Å². The van der Waals surface area contributed by atoms with Crippen LogP contribution in [-0.2, 0) is 11.3 Å². The molecule has 0 bridgehead atoms. The van der Waals surface area contributed by atoms with E-state index in [4.69, 9.17) is 25.8 Å². The SMILES string of the molecule is COc1ccc(OCCC2C=C[C@@H](Cn3ccnc3)O2)c(Cl)c1.Cl. The number of nitrogens with zero attached hydrogens (tertiary/aromatic N) is 2. The number of ether oxygens (including phenoxy) is 3. The monoisotopic (exact) mass is 370 g/mol. The third kappa shape index (κ3) is 4.90. The predicted molar refractivity (Wildman–Crippen MR) is 95.4 cm³/mol. The summed E-state index contributed by atoms with van der Waals surface area (Å²) in [5.41, 5.74) is 0. The van der Waals surface area contributed by atoms with Crippen LogP contribution in [0.15, 0.2) is 49.1 Å². The number of hydrogen-bond donors (Lipinski definition) is 0. The highest BCUT2D eigenvalue weighted by molar-refractivity contribution is 6.32. The number of rotatable bonds is 7. The van der Waals surface area contributed by atoms with Crippen molar-refractivity contribution in [3.63, 3.8) is 0 Å². The van der Waals surface area contributed by atoms with Gasteiger partial charge in [-0.3, -0.25) is 0 Å². The smallest absolute Gasteiger partial charge is 0.138 e. The van der Waals surface area contributed by atoms with E-state index in [1.54, 1.807) is 25.7 Å². The minimum Gasteiger partial charge on any atom is -0.497 e. The number of halogens is 2. The molecule has 1 aromatic heterocycles. The van der Waals surface area contributed by atoms with Gasteiger partial charge in [0.05, 0.1) is 43.8 Å². The molecule has 2 heterocycles. The topological polar surface area (TPSA) is 45.5 Å². The first-order valence-corrected chi connectivity index (χ1v) is 7.88. The Balaban J connectivity index is 0.00000208. The summed E-state index contributed by atoms with van der Waals surface area (Å²) in [5.74, 6) is 1.37. The molecule has 1 aromatic carbocycles. The van der Waals surface area contributed by atoms with Crippen molar-refractivity contribution < 1.29 is 14.2 Å². The van der Waals surface area contributed by atoms with Gasteiger partial charge in [0.1, 0.15) is 11.5 Å². The molecule has 2 atom stereocenters. The zero-order valence-corrected chi connectivity index (χ0v) is 14.9. The van der Waals surface area contributed by atoms with Crippen LogP contribution >= 0.6 is 24.0 Å². The van der Waals surface area contributed by atoms with Gasteiger partial charge < -0.3 is 18.8 Å². The van der Waals surface area contributed by atoms with Crippen LogP contribution in [0, 0.1) is 0 Å². The summed E-state index contributed by atoms with van der Waals surface area (Å²) in [6.45, 7) is 1.32. The van der Waals surface area contributed by atoms with E-state index in [2.05, 4.69) is 17.1 Å². The molecule has 0 radical (unpaired) electrons. The Hall–Kier alpha value is -1.69. The summed E-state index contributed by atoms with van der Waals surface area (Å²) >= 11 is 6.15. The van der Waals surface area contributed by atoms with Crippen molar-refractivity contribution in [1.29, 1.82) is 0 Å². The molecule has 3 rings (SSSR count). The van der Waals surface area contributed by atoms with Crippen LogP contribution in [-0.4, -0.2) is 35.5 Å². The molecule has 0 amide bonds. The van der Waals surface area contributed by atoms with Gasteiger partial charge in [0.15, 0.2) is 0 Å². The van der Waals surface area contributed by atoms with Crippen molar-refractivity contribution >= 4 is 24.0 Å². The van der Waals surface area contributed by atoms with Gasteiger partial charge in [-0.2, -0.15) is 0 Å². The van der Waals surface area contributed by atoms with Gasteiger partial charge in [-0.1, -0.05) is 23.8 Å². The standard InChI is InChI=1S/C17H19ClN2O3.ClH/c1-21-14-4-5-17(16(18)10-14)22-9-6-13-2-3-15(23-13)11-20-8-7-19-12-20;/h2-5,7-8,10,12-13,15H,6,9,11H2,1H3;1H/t13?,15-;/m0./s1. The van der Waals surface area contributed by atoms with Crippen LogP contribution in [0.4, 0.5) is 0 Å². The molecule has 1 unspecified atom stereocenters. The van der Waals surface area contributed by atoms with Gasteiger partial charge in [-0.25, -0.2) is 4.98 Å². The van der Waals surface area contributed by atoms with Gasteiger partial charge in [0, 0.05) is 24.9 Å². The lowest BCUT2D eigenvalue weighted by Gasteiger charge is -2.15. The van der Waals surface area contributed by atoms with Gasteiger partial charge in [0.2, 0.25) is 0 Å². The van der Waals surface area contributed by atoms with Crippen molar-refractivity contribution in [2.24, 2.45) is 0 Å². The third-order valence-electron chi connectivity index (χ3n) is 3.64. The van der Waals surface area contributed by atoms with Gasteiger partial charge >= 0.3 is 0 Å². The molecule has 0 aliphatic carbocycles. The maximum atomic E-state index is 6.15. The molecule has 0 saturated carbocycles. The van der Waals surface area contributed by atoms with Gasteiger partial charge in [-0.15, -0.1) is 12.4 Å². The Bertz CT molecular complexity index is 662. The highest BCUT2D eigenvalue weighted by atomic mass is 35.5.